The quantitative estimate of drug-likeness (QED) is 0.670. The Labute approximate surface area is 172 Å². The standard InChI is InChI=1S/C23H20N2O5/c1-13-8-9-17-14(12-13)19(26)18-20(30-17)21(27)25(10-11-29-3)23(18)15-6-4-5-7-16(15)24(2)22(23)28/h4-9,12H,10-11H2,1-3H3/t23-/m1/s1. The maximum Gasteiger partial charge on any atom is 0.291 e. The molecule has 152 valence electrons. The molecule has 3 aromatic rings. The van der Waals surface area contributed by atoms with E-state index < -0.39 is 11.4 Å². The summed E-state index contributed by atoms with van der Waals surface area (Å²) in [6.07, 6.45) is 0. The molecule has 0 bridgehead atoms. The van der Waals surface area contributed by atoms with E-state index in [1.165, 1.54) is 16.9 Å². The van der Waals surface area contributed by atoms with Gasteiger partial charge in [0, 0.05) is 32.0 Å². The number of para-hydroxylation sites is 1. The molecule has 0 N–H and O–H groups in total. The van der Waals surface area contributed by atoms with Crippen LogP contribution in [0.4, 0.5) is 5.69 Å². The van der Waals surface area contributed by atoms with Gasteiger partial charge in [0.1, 0.15) is 5.58 Å². The number of carbonyl (C=O) groups is 2. The summed E-state index contributed by atoms with van der Waals surface area (Å²) in [5.74, 6) is -0.919. The van der Waals surface area contributed by atoms with Crippen LogP contribution in [0.25, 0.3) is 11.0 Å². The molecule has 1 spiro atoms. The Hall–Kier alpha value is -3.45. The zero-order valence-corrected chi connectivity index (χ0v) is 16.9. The molecule has 5 rings (SSSR count). The summed E-state index contributed by atoms with van der Waals surface area (Å²) in [6, 6.07) is 12.5. The lowest BCUT2D eigenvalue weighted by atomic mass is 9.84. The van der Waals surface area contributed by atoms with E-state index in [0.29, 0.717) is 22.2 Å². The number of benzene rings is 2. The van der Waals surface area contributed by atoms with Crippen molar-refractivity contribution in [2.45, 2.75) is 12.5 Å². The molecule has 0 aliphatic carbocycles. The summed E-state index contributed by atoms with van der Waals surface area (Å²) in [6.45, 7) is 2.23. The lowest BCUT2D eigenvalue weighted by molar-refractivity contribution is -0.126. The number of rotatable bonds is 3. The van der Waals surface area contributed by atoms with Crippen LogP contribution in [0.2, 0.25) is 0 Å². The van der Waals surface area contributed by atoms with Gasteiger partial charge in [0.15, 0.2) is 11.0 Å². The van der Waals surface area contributed by atoms with Gasteiger partial charge in [-0.15, -0.1) is 0 Å². The van der Waals surface area contributed by atoms with Crippen LogP contribution in [-0.2, 0) is 15.1 Å². The fourth-order valence-electron chi connectivity index (χ4n) is 4.69. The van der Waals surface area contributed by atoms with Crippen LogP contribution in [-0.4, -0.2) is 44.0 Å². The third-order valence-corrected chi connectivity index (χ3v) is 6.04. The first kappa shape index (κ1) is 18.6. The first-order chi connectivity index (χ1) is 14.4. The van der Waals surface area contributed by atoms with Gasteiger partial charge >= 0.3 is 0 Å². The largest absolute Gasteiger partial charge is 0.450 e. The Balaban J connectivity index is 1.93. The molecule has 0 unspecified atom stereocenters. The molecule has 0 fully saturated rings. The number of amides is 2. The molecule has 2 amide bonds. The Morgan fingerprint density at radius 1 is 1.10 bits per heavy atom. The van der Waals surface area contributed by atoms with E-state index in [0.717, 1.165) is 5.56 Å². The van der Waals surface area contributed by atoms with E-state index >= 15 is 0 Å². The van der Waals surface area contributed by atoms with Crippen molar-refractivity contribution in [3.63, 3.8) is 0 Å². The summed E-state index contributed by atoms with van der Waals surface area (Å²) in [4.78, 5) is 43.8. The number of carbonyl (C=O) groups excluding carboxylic acids is 2. The van der Waals surface area contributed by atoms with Crippen molar-refractivity contribution in [2.24, 2.45) is 0 Å². The number of anilines is 1. The summed E-state index contributed by atoms with van der Waals surface area (Å²) in [5, 5.41) is 0.356. The van der Waals surface area contributed by atoms with Gasteiger partial charge in [-0.25, -0.2) is 0 Å². The molecule has 1 atom stereocenters. The molecule has 7 heteroatoms. The molecule has 7 nitrogen and oxygen atoms in total. The van der Waals surface area contributed by atoms with Crippen molar-refractivity contribution in [1.29, 1.82) is 0 Å². The van der Waals surface area contributed by atoms with Crippen molar-refractivity contribution < 1.29 is 18.7 Å². The first-order valence-corrected chi connectivity index (χ1v) is 9.69. The average Bonchev–Trinajstić information content (AvgIpc) is 3.12. The molecule has 2 aliphatic heterocycles. The second-order valence-corrected chi connectivity index (χ2v) is 7.68. The Bertz CT molecular complexity index is 1290. The maximum absolute atomic E-state index is 13.7. The van der Waals surface area contributed by atoms with Crippen molar-refractivity contribution in [3.05, 3.63) is 75.1 Å². The number of ether oxygens (including phenoxy) is 1. The van der Waals surface area contributed by atoms with Crippen molar-refractivity contribution >= 4 is 28.5 Å². The fraction of sp³-hybridized carbons (Fsp3) is 0.261. The molecule has 3 heterocycles. The second kappa shape index (κ2) is 6.27. The van der Waals surface area contributed by atoms with Gasteiger partial charge in [0.05, 0.1) is 17.6 Å². The van der Waals surface area contributed by atoms with Crippen LogP contribution in [0.5, 0.6) is 0 Å². The summed E-state index contributed by atoms with van der Waals surface area (Å²) in [7, 11) is 3.18. The predicted molar refractivity (Wildman–Crippen MR) is 111 cm³/mol. The van der Waals surface area contributed by atoms with Gasteiger partial charge in [-0.2, -0.15) is 0 Å². The molecular formula is C23H20N2O5. The van der Waals surface area contributed by atoms with E-state index in [4.69, 9.17) is 9.15 Å². The second-order valence-electron chi connectivity index (χ2n) is 7.68. The fourth-order valence-corrected chi connectivity index (χ4v) is 4.69. The number of nitrogens with zero attached hydrogens (tertiary/aromatic N) is 2. The monoisotopic (exact) mass is 404 g/mol. The Morgan fingerprint density at radius 2 is 1.87 bits per heavy atom. The van der Waals surface area contributed by atoms with Crippen molar-refractivity contribution in [3.8, 4) is 0 Å². The Morgan fingerprint density at radius 3 is 2.63 bits per heavy atom. The number of hydrogen-bond donors (Lipinski definition) is 0. The highest BCUT2D eigenvalue weighted by Crippen LogP contribution is 2.51. The molecule has 2 aromatic carbocycles. The van der Waals surface area contributed by atoms with E-state index in [1.807, 2.05) is 25.1 Å². The lowest BCUT2D eigenvalue weighted by Gasteiger charge is -2.33. The summed E-state index contributed by atoms with van der Waals surface area (Å²) < 4.78 is 11.1. The first-order valence-electron chi connectivity index (χ1n) is 9.69. The average molecular weight is 404 g/mol. The molecule has 1 aromatic heterocycles. The number of likely N-dealkylation sites (N-methyl/N-ethyl adjacent to an activating group) is 1. The summed E-state index contributed by atoms with van der Waals surface area (Å²) >= 11 is 0. The van der Waals surface area contributed by atoms with E-state index in [2.05, 4.69) is 0 Å². The summed E-state index contributed by atoms with van der Waals surface area (Å²) in [5.41, 5.74) is 0.641. The van der Waals surface area contributed by atoms with Gasteiger partial charge in [-0.1, -0.05) is 29.8 Å². The van der Waals surface area contributed by atoms with Crippen LogP contribution in [0.1, 0.15) is 27.2 Å². The molecule has 0 saturated heterocycles. The molecular weight excluding hydrogens is 384 g/mol. The molecule has 0 radical (unpaired) electrons. The number of hydrogen-bond acceptors (Lipinski definition) is 5. The third kappa shape index (κ3) is 2.10. The molecule has 30 heavy (non-hydrogen) atoms. The predicted octanol–water partition coefficient (Wildman–Crippen LogP) is 2.42. The normalized spacial score (nSPS) is 19.8. The van der Waals surface area contributed by atoms with Crippen molar-refractivity contribution in [1.82, 2.24) is 4.90 Å². The zero-order chi connectivity index (χ0) is 21.2. The smallest absolute Gasteiger partial charge is 0.291 e. The van der Waals surface area contributed by atoms with Crippen LogP contribution >= 0.6 is 0 Å². The number of methoxy groups -OCH3 is 1. The highest BCUT2D eigenvalue weighted by molar-refractivity contribution is 6.16. The minimum atomic E-state index is -1.56. The van der Waals surface area contributed by atoms with Gasteiger partial charge in [0.25, 0.3) is 11.8 Å². The van der Waals surface area contributed by atoms with Gasteiger partial charge in [-0.3, -0.25) is 14.4 Å². The van der Waals surface area contributed by atoms with Crippen molar-refractivity contribution in [2.75, 3.05) is 32.2 Å². The maximum atomic E-state index is 13.7. The Kier molecular flexibility index (Phi) is 3.88. The van der Waals surface area contributed by atoms with Crippen LogP contribution < -0.4 is 10.3 Å². The number of fused-ring (bicyclic) bond motifs is 5. The van der Waals surface area contributed by atoms with E-state index in [1.54, 1.807) is 31.3 Å². The van der Waals surface area contributed by atoms with E-state index in [9.17, 15) is 14.4 Å². The van der Waals surface area contributed by atoms with Gasteiger partial charge in [0.2, 0.25) is 5.76 Å². The lowest BCUT2D eigenvalue weighted by Crippen LogP contribution is -2.53. The van der Waals surface area contributed by atoms with Crippen LogP contribution in [0, 0.1) is 6.92 Å². The molecule has 0 saturated carbocycles. The topological polar surface area (TPSA) is 80.1 Å². The third-order valence-electron chi connectivity index (χ3n) is 6.04. The van der Waals surface area contributed by atoms with E-state index in [-0.39, 0.29) is 35.8 Å². The van der Waals surface area contributed by atoms with Crippen LogP contribution in [0.3, 0.4) is 0 Å². The van der Waals surface area contributed by atoms with Gasteiger partial charge in [-0.05, 0) is 25.1 Å². The highest BCUT2D eigenvalue weighted by atomic mass is 16.5. The minimum absolute atomic E-state index is 0.0779. The van der Waals surface area contributed by atoms with Crippen LogP contribution in [0.15, 0.2) is 51.7 Å². The number of aryl methyl sites for hydroxylation is 1. The highest BCUT2D eigenvalue weighted by Gasteiger charge is 2.64. The minimum Gasteiger partial charge on any atom is -0.450 e. The SMILES string of the molecule is COCCN1C(=O)c2oc3ccc(C)cc3c(=O)c2[C@]12C(=O)N(C)c1ccccc12. The van der Waals surface area contributed by atoms with Gasteiger partial charge < -0.3 is 19.0 Å². The molecule has 2 aliphatic rings. The zero-order valence-electron chi connectivity index (χ0n) is 16.9.